The van der Waals surface area contributed by atoms with Crippen molar-refractivity contribution in [3.63, 3.8) is 0 Å². The van der Waals surface area contributed by atoms with Crippen molar-refractivity contribution in [3.8, 4) is 11.1 Å². The zero-order valence-electron chi connectivity index (χ0n) is 18.2. The van der Waals surface area contributed by atoms with E-state index in [-0.39, 0.29) is 26.2 Å². The number of rotatable bonds is 3. The molecule has 0 nitrogen and oxygen atoms in total. The summed E-state index contributed by atoms with van der Waals surface area (Å²) in [7, 11) is 0. The van der Waals surface area contributed by atoms with Gasteiger partial charge in [-0.15, -0.1) is 34.5 Å². The van der Waals surface area contributed by atoms with Crippen molar-refractivity contribution in [3.05, 3.63) is 92.2 Å². The summed E-state index contributed by atoms with van der Waals surface area (Å²) in [5.41, 5.74) is 3.97. The van der Waals surface area contributed by atoms with E-state index in [0.29, 0.717) is 0 Å². The first-order chi connectivity index (χ1) is 13.7. The average molecular weight is 461 g/mol. The van der Waals surface area contributed by atoms with Gasteiger partial charge in [-0.2, -0.15) is 18.9 Å². The van der Waals surface area contributed by atoms with Gasteiger partial charge in [0.1, 0.15) is 0 Å². The molecule has 0 heterocycles. The summed E-state index contributed by atoms with van der Waals surface area (Å²) in [5, 5.41) is 5.29. The van der Waals surface area contributed by atoms with E-state index in [9.17, 15) is 0 Å². The van der Waals surface area contributed by atoms with Gasteiger partial charge in [-0.05, 0) is 16.3 Å². The van der Waals surface area contributed by atoms with Crippen LogP contribution in [-0.4, -0.2) is 0 Å². The van der Waals surface area contributed by atoms with E-state index in [2.05, 4.69) is 107 Å². The predicted molar refractivity (Wildman–Crippen MR) is 128 cm³/mol. The van der Waals surface area contributed by atoms with Crippen LogP contribution in [0.3, 0.4) is 0 Å². The summed E-state index contributed by atoms with van der Waals surface area (Å²) in [6.45, 7) is 13.6. The third kappa shape index (κ3) is 7.00. The number of hydrogen-bond donors (Lipinski definition) is 0. The van der Waals surface area contributed by atoms with Crippen LogP contribution in [0.2, 0.25) is 0 Å². The molecule has 0 atom stereocenters. The molecule has 4 aromatic rings. The molecule has 0 unspecified atom stereocenters. The molecule has 0 N–H and O–H groups in total. The Morgan fingerprint density at radius 3 is 1.86 bits per heavy atom. The average Bonchev–Trinajstić information content (AvgIpc) is 3.14. The van der Waals surface area contributed by atoms with Crippen molar-refractivity contribution in [1.82, 2.24) is 0 Å². The largest absolute Gasteiger partial charge is 3.00 e. The van der Waals surface area contributed by atoms with Crippen LogP contribution in [0.4, 0.5) is 0 Å². The number of benzene rings is 3. The van der Waals surface area contributed by atoms with E-state index in [1.165, 1.54) is 51.1 Å². The second-order valence-corrected chi connectivity index (χ2v) is 7.07. The van der Waals surface area contributed by atoms with Gasteiger partial charge in [0.05, 0.1) is 0 Å². The van der Waals surface area contributed by atoms with Crippen LogP contribution in [0.1, 0.15) is 45.1 Å². The Labute approximate surface area is 196 Å². The molecule has 0 saturated heterocycles. The number of fused-ring (bicyclic) bond motifs is 2. The minimum absolute atomic E-state index is 0. The molecule has 0 bridgehead atoms. The topological polar surface area (TPSA) is 0 Å². The zero-order chi connectivity index (χ0) is 20.4. The van der Waals surface area contributed by atoms with Crippen LogP contribution in [0.15, 0.2) is 72.8 Å². The zero-order valence-corrected chi connectivity index (χ0v) is 20.6. The van der Waals surface area contributed by atoms with Gasteiger partial charge in [-0.25, -0.2) is 0 Å². The van der Waals surface area contributed by atoms with Gasteiger partial charge in [-0.1, -0.05) is 87.7 Å². The van der Waals surface area contributed by atoms with E-state index in [0.717, 1.165) is 12.8 Å². The third-order valence-electron chi connectivity index (χ3n) is 4.68. The molecule has 0 aliphatic carbocycles. The maximum Gasteiger partial charge on any atom is 3.00 e. The Morgan fingerprint density at radius 1 is 0.724 bits per heavy atom. The molecule has 4 rings (SSSR count). The van der Waals surface area contributed by atoms with E-state index < -0.39 is 0 Å². The molecule has 0 aliphatic rings. The summed E-state index contributed by atoms with van der Waals surface area (Å²) < 4.78 is 0. The van der Waals surface area contributed by atoms with Gasteiger partial charge in [-0.3, -0.25) is 0 Å². The minimum Gasteiger partial charge on any atom is -0.343 e. The molecule has 29 heavy (non-hydrogen) atoms. The molecule has 0 saturated carbocycles. The molecule has 0 fully saturated rings. The summed E-state index contributed by atoms with van der Waals surface area (Å²) in [6.07, 6.45) is 4.56. The van der Waals surface area contributed by atoms with E-state index in [1.807, 2.05) is 0 Å². The summed E-state index contributed by atoms with van der Waals surface area (Å²) >= 11 is 0. The summed E-state index contributed by atoms with van der Waals surface area (Å²) in [5.74, 6) is 0. The monoisotopic (exact) mass is 459 g/mol. The Morgan fingerprint density at radius 2 is 1.24 bits per heavy atom. The fourth-order valence-corrected chi connectivity index (χ4v) is 3.08. The molecule has 0 amide bonds. The molecule has 0 spiro atoms. The van der Waals surface area contributed by atoms with Gasteiger partial charge in [0.2, 0.25) is 0 Å². The van der Waals surface area contributed by atoms with E-state index >= 15 is 0 Å². The van der Waals surface area contributed by atoms with Gasteiger partial charge >= 0.3 is 26.2 Å². The van der Waals surface area contributed by atoms with Crippen LogP contribution >= 0.6 is 0 Å². The van der Waals surface area contributed by atoms with Crippen molar-refractivity contribution in [2.75, 3.05) is 0 Å². The fourth-order valence-electron chi connectivity index (χ4n) is 3.08. The van der Waals surface area contributed by atoms with Crippen molar-refractivity contribution in [2.24, 2.45) is 0 Å². The van der Waals surface area contributed by atoms with Gasteiger partial charge in [0, 0.05) is 0 Å². The molecule has 1 heteroatoms. The van der Waals surface area contributed by atoms with Crippen LogP contribution in [-0.2, 0) is 26.2 Å². The maximum absolute atomic E-state index is 3.60. The van der Waals surface area contributed by atoms with Gasteiger partial charge < -0.3 is 13.8 Å². The third-order valence-corrected chi connectivity index (χ3v) is 4.68. The number of unbranched alkanes of at least 4 members (excludes halogenated alkanes) is 2. The molecule has 0 aliphatic heterocycles. The normalized spacial score (nSPS) is 9.83. The summed E-state index contributed by atoms with van der Waals surface area (Å²) in [4.78, 5) is 0. The second-order valence-electron chi connectivity index (χ2n) is 7.07. The first kappa shape index (κ1) is 25.4. The molecule has 4 aromatic carbocycles. The Kier molecular flexibility index (Phi) is 11.9. The van der Waals surface area contributed by atoms with Crippen LogP contribution < -0.4 is 0 Å². The summed E-state index contributed by atoms with van der Waals surface area (Å²) in [6, 6.07) is 26.2. The van der Waals surface area contributed by atoms with Gasteiger partial charge in [0.25, 0.3) is 0 Å². The van der Waals surface area contributed by atoms with Crippen molar-refractivity contribution < 1.29 is 26.2 Å². The SMILES string of the molecule is Cc1cc2c(-c3cccc4ccccc34)cccc2[cH-]1.[CH2-]CCC.[CH2-]CCC.[Zr+3]. The number of hydrogen-bond acceptors (Lipinski definition) is 0. The molecule has 1 radical (unpaired) electrons. The van der Waals surface area contributed by atoms with Crippen LogP contribution in [0.5, 0.6) is 0 Å². The Bertz CT molecular complexity index is 965. The smallest absolute Gasteiger partial charge is 0.343 e. The molecular weight excluding hydrogens is 428 g/mol. The van der Waals surface area contributed by atoms with Crippen molar-refractivity contribution in [2.45, 2.75) is 46.5 Å². The van der Waals surface area contributed by atoms with Gasteiger partial charge in [0.15, 0.2) is 0 Å². The molecule has 149 valence electrons. The predicted octanol–water partition coefficient (Wildman–Crippen LogP) is 8.93. The van der Waals surface area contributed by atoms with Crippen LogP contribution in [0.25, 0.3) is 32.7 Å². The maximum atomic E-state index is 3.60. The first-order valence-corrected chi connectivity index (χ1v) is 10.4. The Balaban J connectivity index is 0.000000405. The van der Waals surface area contributed by atoms with Crippen molar-refractivity contribution in [1.29, 1.82) is 0 Å². The molecule has 0 aromatic heterocycles. The van der Waals surface area contributed by atoms with Crippen molar-refractivity contribution >= 4 is 21.5 Å². The van der Waals surface area contributed by atoms with Crippen LogP contribution in [0, 0.1) is 20.8 Å². The van der Waals surface area contributed by atoms with E-state index in [4.69, 9.17) is 0 Å². The second kappa shape index (κ2) is 13.6. The minimum atomic E-state index is 0. The molecular formula is C28H33Zr. The first-order valence-electron chi connectivity index (χ1n) is 10.4. The Hall–Kier alpha value is -1.59. The quantitative estimate of drug-likeness (QED) is 0.268. The van der Waals surface area contributed by atoms with E-state index in [1.54, 1.807) is 0 Å². The standard InChI is InChI=1S/C20H15.2C4H9.Zr/c1-14-12-16-8-5-11-19(20(16)13-14)18-10-4-7-15-6-2-3-9-17(15)18;2*1-3-4-2;/h2-13H,1H3;2*1,3-4H2,2H3;/q3*-1;+3. The number of aryl methyl sites for hydroxylation is 1. The fraction of sp³-hybridized carbons (Fsp3) is 0.250.